The zero-order valence-electron chi connectivity index (χ0n) is 14.0. The van der Waals surface area contributed by atoms with E-state index in [2.05, 4.69) is 21.8 Å². The van der Waals surface area contributed by atoms with Gasteiger partial charge in [-0.2, -0.15) is 0 Å². The number of aryl methyl sites for hydroxylation is 1. The van der Waals surface area contributed by atoms with Crippen LogP contribution in [0.4, 0.5) is 8.78 Å². The standard InChI is InChI=1S/C20H15F2N3O/c1-13-24-18-10-14(5-7-16-4-2-3-9-23-16)6-8-17(18)19(26)25(13)12-15-11-20(15,21)22/h2-4,6,8-10,15H,11-12H2,1H3. The zero-order chi connectivity index (χ0) is 18.3. The number of aromatic nitrogens is 3. The van der Waals surface area contributed by atoms with E-state index in [0.717, 1.165) is 0 Å². The average molecular weight is 351 g/mol. The van der Waals surface area contributed by atoms with E-state index >= 15 is 0 Å². The summed E-state index contributed by atoms with van der Waals surface area (Å²) in [6, 6.07) is 10.6. The largest absolute Gasteiger partial charge is 0.296 e. The molecule has 0 radical (unpaired) electrons. The fourth-order valence-corrected chi connectivity index (χ4v) is 2.89. The molecule has 0 saturated heterocycles. The maximum absolute atomic E-state index is 13.2. The Balaban J connectivity index is 1.69. The summed E-state index contributed by atoms with van der Waals surface area (Å²) < 4.78 is 27.7. The Bertz CT molecular complexity index is 1110. The Morgan fingerprint density at radius 1 is 1.27 bits per heavy atom. The van der Waals surface area contributed by atoms with Crippen LogP contribution in [-0.4, -0.2) is 20.5 Å². The summed E-state index contributed by atoms with van der Waals surface area (Å²) in [7, 11) is 0. The van der Waals surface area contributed by atoms with E-state index in [1.807, 2.05) is 18.2 Å². The summed E-state index contributed by atoms with van der Waals surface area (Å²) in [6.45, 7) is 1.66. The van der Waals surface area contributed by atoms with Gasteiger partial charge in [0.2, 0.25) is 0 Å². The van der Waals surface area contributed by atoms with Gasteiger partial charge in [-0.25, -0.2) is 18.7 Å². The summed E-state index contributed by atoms with van der Waals surface area (Å²) in [4.78, 5) is 21.2. The van der Waals surface area contributed by atoms with Crippen LogP contribution in [0.1, 0.15) is 23.5 Å². The molecule has 2 heterocycles. The van der Waals surface area contributed by atoms with Crippen molar-refractivity contribution in [2.75, 3.05) is 0 Å². The predicted octanol–water partition coefficient (Wildman–Crippen LogP) is 3.15. The average Bonchev–Trinajstić information content (AvgIpc) is 3.23. The highest BCUT2D eigenvalue weighted by Crippen LogP contribution is 2.49. The van der Waals surface area contributed by atoms with Crippen LogP contribution in [0, 0.1) is 24.7 Å². The van der Waals surface area contributed by atoms with Crippen molar-refractivity contribution in [1.29, 1.82) is 0 Å². The third kappa shape index (κ3) is 3.08. The molecule has 4 rings (SSSR count). The van der Waals surface area contributed by atoms with Crippen molar-refractivity contribution >= 4 is 10.9 Å². The van der Waals surface area contributed by atoms with Gasteiger partial charge >= 0.3 is 0 Å². The number of pyridine rings is 1. The lowest BCUT2D eigenvalue weighted by molar-refractivity contribution is 0.0947. The maximum Gasteiger partial charge on any atom is 0.261 e. The Morgan fingerprint density at radius 2 is 2.08 bits per heavy atom. The van der Waals surface area contributed by atoms with Gasteiger partial charge in [0.25, 0.3) is 11.5 Å². The molecule has 0 spiro atoms. The molecule has 26 heavy (non-hydrogen) atoms. The van der Waals surface area contributed by atoms with Crippen LogP contribution in [0.2, 0.25) is 0 Å². The molecule has 1 atom stereocenters. The van der Waals surface area contributed by atoms with E-state index in [4.69, 9.17) is 0 Å². The molecule has 1 aliphatic carbocycles. The van der Waals surface area contributed by atoms with Gasteiger partial charge in [0.15, 0.2) is 0 Å². The molecule has 6 heteroatoms. The SMILES string of the molecule is Cc1nc2cc(C#Cc3ccccn3)ccc2c(=O)n1CC1CC1(F)F. The molecule has 0 N–H and O–H groups in total. The molecule has 130 valence electrons. The molecule has 0 bridgehead atoms. The molecule has 2 aromatic heterocycles. The number of hydrogen-bond acceptors (Lipinski definition) is 3. The lowest BCUT2D eigenvalue weighted by atomic mass is 10.1. The highest BCUT2D eigenvalue weighted by Gasteiger charge is 2.56. The molecule has 1 aliphatic rings. The number of rotatable bonds is 2. The minimum absolute atomic E-state index is 0.00183. The van der Waals surface area contributed by atoms with Crippen molar-refractivity contribution in [1.82, 2.24) is 14.5 Å². The second kappa shape index (κ2) is 6.03. The van der Waals surface area contributed by atoms with Crippen molar-refractivity contribution in [3.05, 3.63) is 70.0 Å². The van der Waals surface area contributed by atoms with Crippen LogP contribution in [-0.2, 0) is 6.54 Å². The summed E-state index contributed by atoms with van der Waals surface area (Å²) in [5.74, 6) is 2.95. The molecular weight excluding hydrogens is 336 g/mol. The van der Waals surface area contributed by atoms with Crippen LogP contribution in [0.15, 0.2) is 47.4 Å². The summed E-state index contributed by atoms with van der Waals surface area (Å²) in [6.07, 6.45) is 1.50. The Morgan fingerprint density at radius 3 is 2.77 bits per heavy atom. The molecular formula is C20H15F2N3O. The van der Waals surface area contributed by atoms with Crippen LogP contribution < -0.4 is 5.56 Å². The van der Waals surface area contributed by atoms with E-state index in [1.54, 1.807) is 31.3 Å². The van der Waals surface area contributed by atoms with Gasteiger partial charge < -0.3 is 0 Å². The molecule has 1 saturated carbocycles. The summed E-state index contributed by atoms with van der Waals surface area (Å²) in [5, 5.41) is 0.406. The lowest BCUT2D eigenvalue weighted by Gasteiger charge is -2.10. The van der Waals surface area contributed by atoms with Crippen molar-refractivity contribution < 1.29 is 8.78 Å². The summed E-state index contributed by atoms with van der Waals surface area (Å²) in [5.41, 5.74) is 1.58. The van der Waals surface area contributed by atoms with E-state index in [9.17, 15) is 13.6 Å². The molecule has 1 aromatic carbocycles. The minimum Gasteiger partial charge on any atom is -0.296 e. The van der Waals surface area contributed by atoms with Crippen LogP contribution in [0.25, 0.3) is 10.9 Å². The number of hydrogen-bond donors (Lipinski definition) is 0. The van der Waals surface area contributed by atoms with Gasteiger partial charge in [-0.05, 0) is 43.2 Å². The van der Waals surface area contributed by atoms with Crippen molar-refractivity contribution in [3.8, 4) is 11.8 Å². The fraction of sp³-hybridized carbons (Fsp3) is 0.250. The first kappa shape index (κ1) is 16.4. The lowest BCUT2D eigenvalue weighted by Crippen LogP contribution is -2.25. The Hall–Kier alpha value is -3.07. The van der Waals surface area contributed by atoms with E-state index in [0.29, 0.717) is 28.0 Å². The van der Waals surface area contributed by atoms with Crippen molar-refractivity contribution in [2.24, 2.45) is 5.92 Å². The third-order valence-electron chi connectivity index (χ3n) is 4.50. The van der Waals surface area contributed by atoms with E-state index in [1.165, 1.54) is 4.57 Å². The summed E-state index contributed by atoms with van der Waals surface area (Å²) >= 11 is 0. The van der Waals surface area contributed by atoms with E-state index < -0.39 is 11.8 Å². The van der Waals surface area contributed by atoms with Crippen molar-refractivity contribution in [3.63, 3.8) is 0 Å². The molecule has 0 amide bonds. The van der Waals surface area contributed by atoms with Gasteiger partial charge in [0, 0.05) is 30.6 Å². The number of halogens is 2. The number of nitrogens with zero attached hydrogens (tertiary/aromatic N) is 3. The van der Waals surface area contributed by atoms with Crippen LogP contribution in [0.5, 0.6) is 0 Å². The Labute approximate surface area is 148 Å². The fourth-order valence-electron chi connectivity index (χ4n) is 2.89. The van der Waals surface area contributed by atoms with Crippen LogP contribution >= 0.6 is 0 Å². The van der Waals surface area contributed by atoms with Gasteiger partial charge in [-0.3, -0.25) is 9.36 Å². The van der Waals surface area contributed by atoms with Crippen molar-refractivity contribution in [2.45, 2.75) is 25.8 Å². The zero-order valence-corrected chi connectivity index (χ0v) is 14.0. The third-order valence-corrected chi connectivity index (χ3v) is 4.50. The number of alkyl halides is 2. The van der Waals surface area contributed by atoms with Gasteiger partial charge in [-0.15, -0.1) is 0 Å². The topological polar surface area (TPSA) is 47.8 Å². The van der Waals surface area contributed by atoms with Gasteiger partial charge in [0.1, 0.15) is 11.5 Å². The maximum atomic E-state index is 13.2. The predicted molar refractivity (Wildman–Crippen MR) is 94.0 cm³/mol. The quantitative estimate of drug-likeness (QED) is 0.667. The van der Waals surface area contributed by atoms with Gasteiger partial charge in [-0.1, -0.05) is 12.0 Å². The molecule has 1 fully saturated rings. The molecule has 1 unspecified atom stereocenters. The smallest absolute Gasteiger partial charge is 0.261 e. The first-order chi connectivity index (χ1) is 12.4. The van der Waals surface area contributed by atoms with Crippen LogP contribution in [0.3, 0.4) is 0 Å². The monoisotopic (exact) mass is 351 g/mol. The second-order valence-corrected chi connectivity index (χ2v) is 6.43. The van der Waals surface area contributed by atoms with Gasteiger partial charge in [0.05, 0.1) is 10.9 Å². The second-order valence-electron chi connectivity index (χ2n) is 6.43. The molecule has 4 nitrogen and oxygen atoms in total. The van der Waals surface area contributed by atoms with E-state index in [-0.39, 0.29) is 18.5 Å². The first-order valence-corrected chi connectivity index (χ1v) is 8.26. The first-order valence-electron chi connectivity index (χ1n) is 8.26. The molecule has 3 aromatic rings. The minimum atomic E-state index is -2.66. The number of fused-ring (bicyclic) bond motifs is 1. The highest BCUT2D eigenvalue weighted by atomic mass is 19.3. The molecule has 0 aliphatic heterocycles. The normalized spacial score (nSPS) is 17.6. The number of benzene rings is 1. The Kier molecular flexibility index (Phi) is 3.80. The highest BCUT2D eigenvalue weighted by molar-refractivity contribution is 5.79.